The van der Waals surface area contributed by atoms with Crippen LogP contribution >= 0.6 is 0 Å². The Morgan fingerprint density at radius 2 is 2.07 bits per heavy atom. The highest BCUT2D eigenvalue weighted by molar-refractivity contribution is 5.92. The number of carbonyl (C=O) groups is 2. The Hall–Kier alpha value is -2.22. The zero-order chi connectivity index (χ0) is 19.6. The van der Waals surface area contributed by atoms with Crippen LogP contribution in [-0.4, -0.2) is 46.5 Å². The van der Waals surface area contributed by atoms with Crippen LogP contribution in [0.3, 0.4) is 0 Å². The molecular weight excluding hydrogens is 350 g/mol. The summed E-state index contributed by atoms with van der Waals surface area (Å²) in [5.74, 6) is -0.738. The van der Waals surface area contributed by atoms with E-state index in [4.69, 9.17) is 9.84 Å². The first kappa shape index (κ1) is 21.1. The van der Waals surface area contributed by atoms with E-state index in [0.717, 1.165) is 19.3 Å². The van der Waals surface area contributed by atoms with Crippen molar-refractivity contribution in [3.8, 4) is 0 Å². The second-order valence-corrected chi connectivity index (χ2v) is 7.12. The highest BCUT2D eigenvalue weighted by Crippen LogP contribution is 2.28. The first-order valence-electron chi connectivity index (χ1n) is 9.59. The molecule has 1 aromatic heterocycles. The van der Waals surface area contributed by atoms with Crippen LogP contribution in [0.25, 0.3) is 0 Å². The van der Waals surface area contributed by atoms with E-state index in [1.54, 1.807) is 0 Å². The smallest absolute Gasteiger partial charge is 0.303 e. The number of rotatable bonds is 10. The van der Waals surface area contributed by atoms with Crippen molar-refractivity contribution >= 4 is 11.9 Å². The van der Waals surface area contributed by atoms with Crippen molar-refractivity contribution in [2.45, 2.75) is 64.0 Å². The molecule has 1 aliphatic rings. The van der Waals surface area contributed by atoms with Crippen molar-refractivity contribution in [1.82, 2.24) is 15.1 Å². The summed E-state index contributed by atoms with van der Waals surface area (Å²) in [6.07, 6.45) is 7.06. The van der Waals surface area contributed by atoms with Gasteiger partial charge in [-0.15, -0.1) is 0 Å². The van der Waals surface area contributed by atoms with Gasteiger partial charge in [-0.05, 0) is 24.8 Å². The molecule has 1 saturated carbocycles. The molecular formula is C19H29N3O5. The van der Waals surface area contributed by atoms with Crippen LogP contribution in [0.5, 0.6) is 0 Å². The van der Waals surface area contributed by atoms with E-state index in [1.165, 1.54) is 43.2 Å². The molecule has 2 N–H and O–H groups in total. The summed E-state index contributed by atoms with van der Waals surface area (Å²) in [5.41, 5.74) is -0.150. The van der Waals surface area contributed by atoms with Crippen LogP contribution in [0, 0.1) is 5.92 Å². The number of carbonyl (C=O) groups excluding carboxylic acids is 1. The summed E-state index contributed by atoms with van der Waals surface area (Å²) in [4.78, 5) is 35.4. The molecule has 0 aromatic carbocycles. The highest BCUT2D eigenvalue weighted by Gasteiger charge is 2.22. The van der Waals surface area contributed by atoms with Crippen molar-refractivity contribution in [2.24, 2.45) is 5.92 Å². The third-order valence-electron chi connectivity index (χ3n) is 4.99. The van der Waals surface area contributed by atoms with E-state index in [1.807, 2.05) is 0 Å². The number of aliphatic carboxylic acids is 1. The minimum Gasteiger partial charge on any atom is -0.481 e. The topological polar surface area (TPSA) is 111 Å². The van der Waals surface area contributed by atoms with Gasteiger partial charge in [0.05, 0.1) is 13.2 Å². The summed E-state index contributed by atoms with van der Waals surface area (Å²) in [6.45, 7) is 0.585. The zero-order valence-corrected chi connectivity index (χ0v) is 15.9. The third kappa shape index (κ3) is 7.13. The predicted octanol–water partition coefficient (Wildman–Crippen LogP) is 1.82. The van der Waals surface area contributed by atoms with Crippen LogP contribution in [0.1, 0.15) is 61.9 Å². The quantitative estimate of drug-likeness (QED) is 0.642. The number of carboxylic acid groups (broad SMARTS) is 1. The molecule has 8 nitrogen and oxygen atoms in total. The number of hydrogen-bond acceptors (Lipinski definition) is 5. The van der Waals surface area contributed by atoms with Crippen LogP contribution in [-0.2, 0) is 16.1 Å². The van der Waals surface area contributed by atoms with Gasteiger partial charge in [-0.3, -0.25) is 14.4 Å². The van der Waals surface area contributed by atoms with E-state index < -0.39 is 5.97 Å². The second kappa shape index (κ2) is 10.8. The monoisotopic (exact) mass is 379 g/mol. The number of hydrogen-bond donors (Lipinski definition) is 2. The maximum Gasteiger partial charge on any atom is 0.303 e. The van der Waals surface area contributed by atoms with Crippen molar-refractivity contribution in [1.29, 1.82) is 0 Å². The van der Waals surface area contributed by atoms with E-state index in [0.29, 0.717) is 18.9 Å². The molecule has 0 spiro atoms. The Kier molecular flexibility index (Phi) is 8.44. The fourth-order valence-electron chi connectivity index (χ4n) is 3.54. The summed E-state index contributed by atoms with van der Waals surface area (Å²) >= 11 is 0. The van der Waals surface area contributed by atoms with Crippen molar-refractivity contribution in [2.75, 3.05) is 13.7 Å². The van der Waals surface area contributed by atoms with Gasteiger partial charge in [0.25, 0.3) is 11.5 Å². The van der Waals surface area contributed by atoms with Gasteiger partial charge in [0, 0.05) is 25.6 Å². The van der Waals surface area contributed by atoms with Gasteiger partial charge in [0.1, 0.15) is 5.69 Å². The first-order valence-corrected chi connectivity index (χ1v) is 9.59. The molecule has 1 aliphatic carbocycles. The molecule has 1 aromatic rings. The van der Waals surface area contributed by atoms with Crippen LogP contribution in [0.4, 0.5) is 0 Å². The van der Waals surface area contributed by atoms with Gasteiger partial charge in [-0.1, -0.05) is 32.1 Å². The van der Waals surface area contributed by atoms with Gasteiger partial charge >= 0.3 is 5.97 Å². The molecule has 1 atom stereocenters. The normalized spacial score (nSPS) is 16.0. The lowest BCUT2D eigenvalue weighted by Crippen LogP contribution is -2.38. The van der Waals surface area contributed by atoms with E-state index in [2.05, 4.69) is 10.4 Å². The summed E-state index contributed by atoms with van der Waals surface area (Å²) < 4.78 is 6.15. The minimum absolute atomic E-state index is 0.0123. The fraction of sp³-hybridized carbons (Fsp3) is 0.684. The Balaban J connectivity index is 2.04. The molecule has 0 aliphatic heterocycles. The van der Waals surface area contributed by atoms with Gasteiger partial charge in [-0.2, -0.15) is 5.10 Å². The average molecular weight is 379 g/mol. The molecule has 150 valence electrons. The molecule has 1 amide bonds. The van der Waals surface area contributed by atoms with Gasteiger partial charge in [-0.25, -0.2) is 4.68 Å². The molecule has 1 unspecified atom stereocenters. The largest absolute Gasteiger partial charge is 0.481 e. The lowest BCUT2D eigenvalue weighted by atomic mass is 9.84. The zero-order valence-electron chi connectivity index (χ0n) is 15.9. The van der Waals surface area contributed by atoms with E-state index in [-0.39, 0.29) is 36.2 Å². The van der Waals surface area contributed by atoms with Gasteiger partial charge in [0.15, 0.2) is 0 Å². The minimum atomic E-state index is -0.871. The Morgan fingerprint density at radius 3 is 2.74 bits per heavy atom. The molecule has 1 heterocycles. The standard InChI is InChI=1S/C19H29N3O5/c1-27-12-11-22-17(23)9-8-16(21-22)19(26)20-15(7-10-18(24)25)13-14-5-3-2-4-6-14/h8-9,14-15H,2-7,10-13H2,1H3,(H,20,26)(H,24,25). The van der Waals surface area contributed by atoms with Gasteiger partial charge in [0.2, 0.25) is 0 Å². The first-order chi connectivity index (χ1) is 13.0. The summed E-state index contributed by atoms with van der Waals surface area (Å²) in [7, 11) is 1.53. The molecule has 0 saturated heterocycles. The Morgan fingerprint density at radius 1 is 1.33 bits per heavy atom. The fourth-order valence-corrected chi connectivity index (χ4v) is 3.54. The Bertz CT molecular complexity index is 682. The van der Waals surface area contributed by atoms with Crippen molar-refractivity contribution < 1.29 is 19.4 Å². The number of ether oxygens (including phenoxy) is 1. The third-order valence-corrected chi connectivity index (χ3v) is 4.99. The maximum absolute atomic E-state index is 12.6. The predicted molar refractivity (Wildman–Crippen MR) is 99.7 cm³/mol. The average Bonchev–Trinajstić information content (AvgIpc) is 2.66. The molecule has 0 bridgehead atoms. The SMILES string of the molecule is COCCn1nc(C(=O)NC(CCC(=O)O)CC2CCCCC2)ccc1=O. The lowest BCUT2D eigenvalue weighted by Gasteiger charge is -2.27. The highest BCUT2D eigenvalue weighted by atomic mass is 16.5. The lowest BCUT2D eigenvalue weighted by molar-refractivity contribution is -0.137. The van der Waals surface area contributed by atoms with Gasteiger partial charge < -0.3 is 15.2 Å². The number of nitrogens with one attached hydrogen (secondary N) is 1. The van der Waals surface area contributed by atoms with Crippen LogP contribution in [0.2, 0.25) is 0 Å². The summed E-state index contributed by atoms with van der Waals surface area (Å²) in [5, 5.41) is 16.0. The molecule has 0 radical (unpaired) electrons. The second-order valence-electron chi connectivity index (χ2n) is 7.12. The molecule has 8 heteroatoms. The number of methoxy groups -OCH3 is 1. The van der Waals surface area contributed by atoms with Crippen LogP contribution in [0.15, 0.2) is 16.9 Å². The van der Waals surface area contributed by atoms with E-state index >= 15 is 0 Å². The van der Waals surface area contributed by atoms with E-state index in [9.17, 15) is 14.4 Å². The molecule has 2 rings (SSSR count). The number of amides is 1. The van der Waals surface area contributed by atoms with Crippen LogP contribution < -0.4 is 10.9 Å². The number of carboxylic acids is 1. The summed E-state index contributed by atoms with van der Waals surface area (Å²) in [6, 6.07) is 2.50. The Labute approximate surface area is 158 Å². The molecule has 27 heavy (non-hydrogen) atoms. The number of nitrogens with zero attached hydrogens (tertiary/aromatic N) is 2. The maximum atomic E-state index is 12.6. The number of aromatic nitrogens is 2. The molecule has 1 fully saturated rings. The van der Waals surface area contributed by atoms with Crippen molar-refractivity contribution in [3.05, 3.63) is 28.2 Å². The van der Waals surface area contributed by atoms with Crippen molar-refractivity contribution in [3.63, 3.8) is 0 Å².